The molecule has 0 aliphatic carbocycles. The largest absolute Gasteiger partial charge is 0.370 e. The van der Waals surface area contributed by atoms with Gasteiger partial charge in [0.05, 0.1) is 7.14 Å². The normalized spacial score (nSPS) is 16.2. The van der Waals surface area contributed by atoms with Crippen LogP contribution in [0.25, 0.3) is 10.8 Å². The van der Waals surface area contributed by atoms with Crippen molar-refractivity contribution in [2.45, 2.75) is 19.8 Å². The Bertz CT molecular complexity index is 778. The summed E-state index contributed by atoms with van der Waals surface area (Å²) in [5.74, 6) is 0.983. The average molecular weight is 351 g/mol. The van der Waals surface area contributed by atoms with E-state index in [0.717, 1.165) is 24.6 Å². The van der Waals surface area contributed by atoms with Crippen molar-refractivity contribution in [2.24, 2.45) is 5.92 Å². The predicted octanol–water partition coefficient (Wildman–Crippen LogP) is 5.07. The molecule has 2 aromatic rings. The topological polar surface area (TPSA) is 33.2 Å². The van der Waals surface area contributed by atoms with Gasteiger partial charge in [0.25, 0.3) is 0 Å². The minimum Gasteiger partial charge on any atom is -0.370 e. The molecule has 124 valence electrons. The highest BCUT2D eigenvalue weighted by Crippen LogP contribution is 2.43. The Morgan fingerprint density at radius 3 is 2.61 bits per heavy atom. The summed E-state index contributed by atoms with van der Waals surface area (Å²) in [5.41, 5.74) is 2.52. The lowest BCUT2D eigenvalue weighted by molar-refractivity contribution is 0.446. The lowest BCUT2D eigenvalue weighted by Crippen LogP contribution is -2.48. The zero-order chi connectivity index (χ0) is 16.8. The molecular weight excluding hydrogens is 327 g/mol. The zero-order valence-corrected chi connectivity index (χ0v) is 15.9. The number of fused-ring (bicyclic) bond motifs is 1. The van der Waals surface area contributed by atoms with Gasteiger partial charge in [-0.15, -0.1) is 0 Å². The van der Waals surface area contributed by atoms with Crippen molar-refractivity contribution >= 4 is 35.2 Å². The summed E-state index contributed by atoms with van der Waals surface area (Å²) in [5, 5.41) is 2.89. The van der Waals surface area contributed by atoms with Crippen molar-refractivity contribution in [3.8, 4) is 0 Å². The maximum absolute atomic E-state index is 12.0. The van der Waals surface area contributed by atoms with Crippen LogP contribution in [-0.4, -0.2) is 37.6 Å². The van der Waals surface area contributed by atoms with Gasteiger partial charge in [-0.3, -0.25) is 0 Å². The summed E-state index contributed by atoms with van der Waals surface area (Å²) in [4.78, 5) is 6.65. The van der Waals surface area contributed by atoms with Gasteiger partial charge in [0, 0.05) is 42.4 Å². The number of hydrogen-bond donors (Lipinski definition) is 0. The maximum atomic E-state index is 12.0. The van der Waals surface area contributed by atoms with Gasteiger partial charge in [-0.2, -0.15) is 0 Å². The SMILES string of the molecule is CC(C)c1ccc(N2CC(CP(C)(C)=O)C2)c2cnc(Cl)cc12. The van der Waals surface area contributed by atoms with Crippen molar-refractivity contribution in [1.29, 1.82) is 0 Å². The Balaban J connectivity index is 1.92. The van der Waals surface area contributed by atoms with E-state index in [-0.39, 0.29) is 0 Å². The van der Waals surface area contributed by atoms with Gasteiger partial charge in [0.2, 0.25) is 0 Å². The number of nitrogens with zero attached hydrogens (tertiary/aromatic N) is 2. The van der Waals surface area contributed by atoms with Crippen LogP contribution < -0.4 is 4.90 Å². The molecule has 0 atom stereocenters. The molecule has 0 spiro atoms. The Morgan fingerprint density at radius 1 is 1.30 bits per heavy atom. The highest BCUT2D eigenvalue weighted by Gasteiger charge is 2.31. The summed E-state index contributed by atoms with van der Waals surface area (Å²) in [6.07, 6.45) is 2.73. The first-order valence-corrected chi connectivity index (χ1v) is 11.3. The number of aromatic nitrogens is 1. The number of rotatable bonds is 4. The minimum absolute atomic E-state index is 0.445. The molecule has 2 heterocycles. The summed E-state index contributed by atoms with van der Waals surface area (Å²) in [6, 6.07) is 6.37. The zero-order valence-electron chi connectivity index (χ0n) is 14.2. The summed E-state index contributed by atoms with van der Waals surface area (Å²) < 4.78 is 12.0. The van der Waals surface area contributed by atoms with E-state index < -0.39 is 7.14 Å². The summed E-state index contributed by atoms with van der Waals surface area (Å²) >= 11 is 6.12. The second-order valence-corrected chi connectivity index (χ2v) is 11.3. The van der Waals surface area contributed by atoms with Crippen LogP contribution in [0.4, 0.5) is 5.69 Å². The van der Waals surface area contributed by atoms with E-state index in [0.29, 0.717) is 17.0 Å². The molecule has 3 nitrogen and oxygen atoms in total. The van der Waals surface area contributed by atoms with Crippen molar-refractivity contribution in [1.82, 2.24) is 4.98 Å². The third kappa shape index (κ3) is 3.56. The lowest BCUT2D eigenvalue weighted by atomic mass is 9.94. The molecule has 1 saturated heterocycles. The molecule has 0 radical (unpaired) electrons. The third-order valence-electron chi connectivity index (χ3n) is 4.50. The number of benzene rings is 1. The van der Waals surface area contributed by atoms with E-state index in [4.69, 9.17) is 11.6 Å². The standard InChI is InChI=1S/C18H24ClN2OP/c1-12(2)14-5-6-17(16-8-20-18(19)7-15(14)16)21-9-13(10-21)11-23(3,4)22/h5-8,12-13H,9-11H2,1-4H3. The molecule has 0 bridgehead atoms. The van der Waals surface area contributed by atoms with E-state index in [1.165, 1.54) is 16.6 Å². The van der Waals surface area contributed by atoms with Crippen molar-refractivity contribution in [3.05, 3.63) is 35.1 Å². The van der Waals surface area contributed by atoms with Crippen LogP contribution in [0.5, 0.6) is 0 Å². The molecule has 1 fully saturated rings. The predicted molar refractivity (Wildman–Crippen MR) is 101 cm³/mol. The van der Waals surface area contributed by atoms with E-state index in [1.807, 2.05) is 25.6 Å². The van der Waals surface area contributed by atoms with Crippen LogP contribution in [0, 0.1) is 5.92 Å². The molecule has 23 heavy (non-hydrogen) atoms. The highest BCUT2D eigenvalue weighted by molar-refractivity contribution is 7.62. The first-order chi connectivity index (χ1) is 10.7. The monoisotopic (exact) mass is 350 g/mol. The second kappa shape index (κ2) is 6.11. The van der Waals surface area contributed by atoms with Gasteiger partial charge in [-0.25, -0.2) is 4.98 Å². The fourth-order valence-corrected chi connectivity index (χ4v) is 5.14. The number of anilines is 1. The first-order valence-electron chi connectivity index (χ1n) is 8.11. The third-order valence-corrected chi connectivity index (χ3v) is 6.10. The first kappa shape index (κ1) is 16.8. The molecule has 0 N–H and O–H groups in total. The number of halogens is 1. The Labute approximate surface area is 143 Å². The van der Waals surface area contributed by atoms with E-state index in [2.05, 4.69) is 35.9 Å². The van der Waals surface area contributed by atoms with E-state index in [9.17, 15) is 4.57 Å². The van der Waals surface area contributed by atoms with Gasteiger partial charge < -0.3 is 9.46 Å². The Hall–Kier alpha value is -1.05. The van der Waals surface area contributed by atoms with Crippen LogP contribution in [0.1, 0.15) is 25.3 Å². The molecule has 1 aromatic heterocycles. The summed E-state index contributed by atoms with van der Waals surface area (Å²) in [6.45, 7) is 10.1. The second-order valence-electron chi connectivity index (χ2n) is 7.41. The molecular formula is C18H24ClN2OP. The molecule has 0 unspecified atom stereocenters. The van der Waals surface area contributed by atoms with Gasteiger partial charge in [-0.1, -0.05) is 31.5 Å². The molecule has 0 saturated carbocycles. The number of hydrogen-bond acceptors (Lipinski definition) is 3. The lowest BCUT2D eigenvalue weighted by Gasteiger charge is -2.42. The molecule has 5 heteroatoms. The molecule has 0 amide bonds. The Morgan fingerprint density at radius 2 is 2.00 bits per heavy atom. The quantitative estimate of drug-likeness (QED) is 0.570. The summed E-state index contributed by atoms with van der Waals surface area (Å²) in [7, 11) is -1.94. The molecule has 1 aliphatic rings. The Kier molecular flexibility index (Phi) is 4.46. The maximum Gasteiger partial charge on any atom is 0.129 e. The van der Waals surface area contributed by atoms with Gasteiger partial charge in [0.15, 0.2) is 0 Å². The van der Waals surface area contributed by atoms with Crippen molar-refractivity contribution in [3.63, 3.8) is 0 Å². The van der Waals surface area contributed by atoms with Crippen LogP contribution in [-0.2, 0) is 4.57 Å². The van der Waals surface area contributed by atoms with Crippen molar-refractivity contribution in [2.75, 3.05) is 37.5 Å². The fraction of sp³-hybridized carbons (Fsp3) is 0.500. The fourth-order valence-electron chi connectivity index (χ4n) is 3.50. The van der Waals surface area contributed by atoms with Crippen LogP contribution >= 0.6 is 18.7 Å². The molecule has 1 aliphatic heterocycles. The van der Waals surface area contributed by atoms with Crippen LogP contribution in [0.15, 0.2) is 24.4 Å². The van der Waals surface area contributed by atoms with E-state index >= 15 is 0 Å². The highest BCUT2D eigenvalue weighted by atomic mass is 35.5. The van der Waals surface area contributed by atoms with Gasteiger partial charge >= 0.3 is 0 Å². The van der Waals surface area contributed by atoms with Crippen molar-refractivity contribution < 1.29 is 4.57 Å². The molecule has 3 rings (SSSR count). The number of pyridine rings is 1. The minimum atomic E-state index is -1.94. The smallest absolute Gasteiger partial charge is 0.129 e. The molecule has 1 aromatic carbocycles. The van der Waals surface area contributed by atoms with Crippen LogP contribution in [0.2, 0.25) is 5.15 Å². The van der Waals surface area contributed by atoms with Gasteiger partial charge in [-0.05, 0) is 42.3 Å². The average Bonchev–Trinajstić information content (AvgIpc) is 2.40. The van der Waals surface area contributed by atoms with E-state index in [1.54, 1.807) is 0 Å². The van der Waals surface area contributed by atoms with Gasteiger partial charge in [0.1, 0.15) is 5.15 Å². The van der Waals surface area contributed by atoms with Crippen LogP contribution in [0.3, 0.4) is 0 Å².